The fourth-order valence-corrected chi connectivity index (χ4v) is 0.730. The van der Waals surface area contributed by atoms with E-state index in [1.165, 1.54) is 6.20 Å². The lowest BCUT2D eigenvalue weighted by atomic mass is 10.5. The summed E-state index contributed by atoms with van der Waals surface area (Å²) in [5.41, 5.74) is 5.02. The molecule has 0 aliphatic heterocycles. The molecule has 0 amide bonds. The van der Waals surface area contributed by atoms with Crippen LogP contribution in [0.3, 0.4) is 0 Å². The van der Waals surface area contributed by atoms with Crippen LogP contribution in [0.15, 0.2) is 11.0 Å². The minimum Gasteiger partial charge on any atom is -0.393 e. The summed E-state index contributed by atoms with van der Waals surface area (Å²) in [6, 6.07) is 0. The molecule has 6 heteroatoms. The third-order valence-corrected chi connectivity index (χ3v) is 1.52. The molecule has 0 saturated carbocycles. The van der Waals surface area contributed by atoms with E-state index in [2.05, 4.69) is 15.3 Å². The number of ether oxygens (including phenoxy) is 1. The second-order valence-electron chi connectivity index (χ2n) is 2.54. The lowest BCUT2D eigenvalue weighted by Crippen LogP contribution is -2.22. The standard InChI is InChI=1S/C7H12N4O2/c1-4(13-2)10-7-9-3-5(8)6(12)11-7/h3-4H,8H2,1-2H3,(H2,9,10,11,12). The quantitative estimate of drug-likeness (QED) is 0.563. The van der Waals surface area contributed by atoms with E-state index in [0.717, 1.165) is 0 Å². The zero-order valence-electron chi connectivity index (χ0n) is 7.50. The van der Waals surface area contributed by atoms with Crippen molar-refractivity contribution in [2.45, 2.75) is 13.2 Å². The molecule has 0 spiro atoms. The molecule has 1 unspecified atom stereocenters. The summed E-state index contributed by atoms with van der Waals surface area (Å²) in [7, 11) is 1.55. The van der Waals surface area contributed by atoms with Gasteiger partial charge in [0.2, 0.25) is 5.95 Å². The maximum atomic E-state index is 11.0. The molecule has 0 radical (unpaired) electrons. The first-order chi connectivity index (χ1) is 6.13. The fourth-order valence-electron chi connectivity index (χ4n) is 0.730. The molecule has 6 nitrogen and oxygen atoms in total. The van der Waals surface area contributed by atoms with E-state index in [-0.39, 0.29) is 17.5 Å². The van der Waals surface area contributed by atoms with Gasteiger partial charge < -0.3 is 15.8 Å². The fraction of sp³-hybridized carbons (Fsp3) is 0.429. The van der Waals surface area contributed by atoms with Crippen LogP contribution < -0.4 is 16.6 Å². The Balaban J connectivity index is 2.80. The van der Waals surface area contributed by atoms with E-state index in [9.17, 15) is 4.79 Å². The Morgan fingerprint density at radius 1 is 1.77 bits per heavy atom. The molecule has 0 fully saturated rings. The number of hydrogen-bond donors (Lipinski definition) is 3. The van der Waals surface area contributed by atoms with Crippen LogP contribution in [0.25, 0.3) is 0 Å². The van der Waals surface area contributed by atoms with Crippen molar-refractivity contribution in [2.24, 2.45) is 0 Å². The SMILES string of the molecule is COC(C)Nc1ncc(N)c(=O)[nH]1. The number of anilines is 2. The average molecular weight is 184 g/mol. The highest BCUT2D eigenvalue weighted by Crippen LogP contribution is 1.98. The summed E-state index contributed by atoms with van der Waals surface area (Å²) in [5, 5.41) is 2.82. The largest absolute Gasteiger partial charge is 0.393 e. The Morgan fingerprint density at radius 3 is 3.00 bits per heavy atom. The molecule has 1 aromatic heterocycles. The number of methoxy groups -OCH3 is 1. The van der Waals surface area contributed by atoms with E-state index < -0.39 is 0 Å². The number of H-pyrrole nitrogens is 1. The molecule has 0 aliphatic carbocycles. The predicted molar refractivity (Wildman–Crippen MR) is 49.4 cm³/mol. The number of aromatic nitrogens is 2. The first-order valence-electron chi connectivity index (χ1n) is 3.77. The minimum atomic E-state index is -0.360. The smallest absolute Gasteiger partial charge is 0.275 e. The van der Waals surface area contributed by atoms with Crippen molar-refractivity contribution in [3.8, 4) is 0 Å². The van der Waals surface area contributed by atoms with Gasteiger partial charge in [0.1, 0.15) is 11.9 Å². The molecule has 1 heterocycles. The van der Waals surface area contributed by atoms with Crippen molar-refractivity contribution < 1.29 is 4.74 Å². The summed E-state index contributed by atoms with van der Waals surface area (Å²) in [5.74, 6) is 0.341. The van der Waals surface area contributed by atoms with Gasteiger partial charge in [0.25, 0.3) is 5.56 Å². The van der Waals surface area contributed by atoms with Crippen molar-refractivity contribution >= 4 is 11.6 Å². The van der Waals surface area contributed by atoms with Crippen molar-refractivity contribution in [2.75, 3.05) is 18.2 Å². The first-order valence-corrected chi connectivity index (χ1v) is 3.77. The van der Waals surface area contributed by atoms with Crippen LogP contribution in [-0.4, -0.2) is 23.3 Å². The van der Waals surface area contributed by atoms with Crippen LogP contribution in [0.4, 0.5) is 11.6 Å². The van der Waals surface area contributed by atoms with Gasteiger partial charge in [0, 0.05) is 7.11 Å². The molecule has 0 aromatic carbocycles. The van der Waals surface area contributed by atoms with Crippen LogP contribution in [0.2, 0.25) is 0 Å². The Hall–Kier alpha value is -1.56. The third kappa shape index (κ3) is 2.45. The van der Waals surface area contributed by atoms with Crippen LogP contribution in [0.5, 0.6) is 0 Å². The summed E-state index contributed by atoms with van der Waals surface area (Å²) in [6.45, 7) is 1.79. The zero-order valence-corrected chi connectivity index (χ0v) is 7.50. The second kappa shape index (κ2) is 3.90. The van der Waals surface area contributed by atoms with Gasteiger partial charge in [-0.1, -0.05) is 0 Å². The van der Waals surface area contributed by atoms with Gasteiger partial charge >= 0.3 is 0 Å². The molecule has 72 valence electrons. The molecular weight excluding hydrogens is 172 g/mol. The van der Waals surface area contributed by atoms with E-state index in [0.29, 0.717) is 5.95 Å². The lowest BCUT2D eigenvalue weighted by molar-refractivity contribution is 0.140. The average Bonchev–Trinajstić information content (AvgIpc) is 2.11. The van der Waals surface area contributed by atoms with Gasteiger partial charge in [0.05, 0.1) is 6.20 Å². The number of nitrogens with two attached hydrogens (primary N) is 1. The Morgan fingerprint density at radius 2 is 2.46 bits per heavy atom. The molecule has 13 heavy (non-hydrogen) atoms. The van der Waals surface area contributed by atoms with Crippen molar-refractivity contribution in [3.63, 3.8) is 0 Å². The maximum absolute atomic E-state index is 11.0. The number of aromatic amines is 1. The normalized spacial score (nSPS) is 12.5. The van der Waals surface area contributed by atoms with E-state index >= 15 is 0 Å². The maximum Gasteiger partial charge on any atom is 0.275 e. The zero-order chi connectivity index (χ0) is 9.84. The van der Waals surface area contributed by atoms with Gasteiger partial charge in [-0.3, -0.25) is 9.78 Å². The molecular formula is C7H12N4O2. The van der Waals surface area contributed by atoms with Crippen LogP contribution in [0.1, 0.15) is 6.92 Å². The summed E-state index contributed by atoms with van der Waals surface area (Å²) < 4.78 is 4.92. The van der Waals surface area contributed by atoms with Crippen molar-refractivity contribution in [3.05, 3.63) is 16.6 Å². The Kier molecular flexibility index (Phi) is 2.86. The number of nitrogen functional groups attached to an aromatic ring is 1. The third-order valence-electron chi connectivity index (χ3n) is 1.52. The van der Waals surface area contributed by atoms with Crippen LogP contribution in [-0.2, 0) is 4.74 Å². The topological polar surface area (TPSA) is 93.0 Å². The molecule has 1 aromatic rings. The van der Waals surface area contributed by atoms with Gasteiger partial charge in [-0.25, -0.2) is 4.98 Å². The van der Waals surface area contributed by atoms with Gasteiger partial charge in [-0.2, -0.15) is 0 Å². The van der Waals surface area contributed by atoms with Gasteiger partial charge in [0.15, 0.2) is 0 Å². The highest BCUT2D eigenvalue weighted by atomic mass is 16.5. The lowest BCUT2D eigenvalue weighted by Gasteiger charge is -2.11. The van der Waals surface area contributed by atoms with Crippen LogP contribution in [0, 0.1) is 0 Å². The molecule has 0 aliphatic rings. The molecule has 1 rings (SSSR count). The summed E-state index contributed by atoms with van der Waals surface area (Å²) >= 11 is 0. The second-order valence-corrected chi connectivity index (χ2v) is 2.54. The molecule has 4 N–H and O–H groups in total. The summed E-state index contributed by atoms with van der Waals surface area (Å²) in [6.07, 6.45) is 1.08. The highest BCUT2D eigenvalue weighted by molar-refractivity contribution is 5.36. The molecule has 0 bridgehead atoms. The van der Waals surface area contributed by atoms with E-state index in [1.807, 2.05) is 0 Å². The van der Waals surface area contributed by atoms with Crippen LogP contribution >= 0.6 is 0 Å². The molecule has 1 atom stereocenters. The summed E-state index contributed by atoms with van der Waals surface area (Å²) in [4.78, 5) is 17.3. The van der Waals surface area contributed by atoms with E-state index in [4.69, 9.17) is 10.5 Å². The minimum absolute atomic E-state index is 0.0932. The number of hydrogen-bond acceptors (Lipinski definition) is 5. The number of rotatable bonds is 3. The van der Waals surface area contributed by atoms with Gasteiger partial charge in [-0.15, -0.1) is 0 Å². The van der Waals surface area contributed by atoms with Gasteiger partial charge in [-0.05, 0) is 6.92 Å². The predicted octanol–water partition coefficient (Wildman–Crippen LogP) is -0.244. The van der Waals surface area contributed by atoms with E-state index in [1.54, 1.807) is 14.0 Å². The monoisotopic (exact) mass is 184 g/mol. The molecule has 0 saturated heterocycles. The first kappa shape index (κ1) is 9.53. The number of nitrogens with one attached hydrogen (secondary N) is 2. The van der Waals surface area contributed by atoms with Crippen molar-refractivity contribution in [1.29, 1.82) is 0 Å². The van der Waals surface area contributed by atoms with Crippen molar-refractivity contribution in [1.82, 2.24) is 9.97 Å². The Bertz CT molecular complexity index is 336. The highest BCUT2D eigenvalue weighted by Gasteiger charge is 2.01. The number of nitrogens with zero attached hydrogens (tertiary/aromatic N) is 1. The Labute approximate surface area is 75.1 Å².